The number of ether oxygens (including phenoxy) is 1. The van der Waals surface area contributed by atoms with Crippen LogP contribution in [0, 0.1) is 0 Å². The van der Waals surface area contributed by atoms with Gasteiger partial charge in [-0.2, -0.15) is 0 Å². The summed E-state index contributed by atoms with van der Waals surface area (Å²) in [6.07, 6.45) is 2.70. The number of likely N-dealkylation sites (tertiary alicyclic amines) is 1. The van der Waals surface area contributed by atoms with Crippen molar-refractivity contribution in [1.29, 1.82) is 0 Å². The molecule has 222 valence electrons. The smallest absolute Gasteiger partial charge is 0.252 e. The standard InChI is InChI=1S/C30H37N7O5/c1-4-24(26(38)19-37-27(33-34-35-37)17-21-11-6-5-7-12-21)31-28(39)20(2)36-16-9-8-15-25(30(36)41)32-29(40)22-13-10-14-23(18-22)42-3/h5-7,10-14,18,20,24-25H,4,8-9,15-17,19H2,1-3H3,(H,31,39)(H,32,40)/t20?,24?,25-/m0/s1. The Bertz CT molecular complexity index is 1390. The lowest BCUT2D eigenvalue weighted by Crippen LogP contribution is -2.56. The number of aromatic nitrogens is 4. The van der Waals surface area contributed by atoms with Gasteiger partial charge in [-0.25, -0.2) is 4.68 Å². The van der Waals surface area contributed by atoms with E-state index in [1.165, 1.54) is 16.7 Å². The van der Waals surface area contributed by atoms with Gasteiger partial charge in [0.15, 0.2) is 11.6 Å². The van der Waals surface area contributed by atoms with Gasteiger partial charge in [0, 0.05) is 18.5 Å². The van der Waals surface area contributed by atoms with Crippen LogP contribution in [0.25, 0.3) is 0 Å². The highest BCUT2D eigenvalue weighted by molar-refractivity contribution is 5.99. The number of rotatable bonds is 12. The molecule has 1 fully saturated rings. The Kier molecular flexibility index (Phi) is 10.4. The second-order valence-electron chi connectivity index (χ2n) is 10.3. The molecule has 42 heavy (non-hydrogen) atoms. The SMILES string of the molecule is CCC(NC(=O)C(C)N1CCCC[C@H](NC(=O)c2cccc(OC)c2)C1=O)C(=O)Cn1nnnc1Cc1ccccc1. The molecule has 3 amide bonds. The molecule has 12 heteroatoms. The maximum atomic E-state index is 13.5. The normalized spacial score (nSPS) is 16.7. The minimum Gasteiger partial charge on any atom is -0.497 e. The number of amides is 3. The zero-order chi connectivity index (χ0) is 30.1. The summed E-state index contributed by atoms with van der Waals surface area (Å²) >= 11 is 0. The molecule has 1 aromatic heterocycles. The van der Waals surface area contributed by atoms with Crippen LogP contribution < -0.4 is 15.4 Å². The first kappa shape index (κ1) is 30.4. The fourth-order valence-corrected chi connectivity index (χ4v) is 4.94. The van der Waals surface area contributed by atoms with Gasteiger partial charge in [-0.1, -0.05) is 43.3 Å². The van der Waals surface area contributed by atoms with Crippen molar-refractivity contribution in [1.82, 2.24) is 35.7 Å². The van der Waals surface area contributed by atoms with E-state index in [1.807, 2.05) is 30.3 Å². The molecule has 2 unspecified atom stereocenters. The van der Waals surface area contributed by atoms with E-state index in [-0.39, 0.29) is 18.2 Å². The van der Waals surface area contributed by atoms with Gasteiger partial charge in [0.25, 0.3) is 5.91 Å². The summed E-state index contributed by atoms with van der Waals surface area (Å²) in [5.41, 5.74) is 1.39. The maximum Gasteiger partial charge on any atom is 0.252 e. The number of ketones is 1. The minimum absolute atomic E-state index is 0.0939. The molecule has 1 aliphatic heterocycles. The average Bonchev–Trinajstić information content (AvgIpc) is 3.35. The Balaban J connectivity index is 1.37. The molecule has 12 nitrogen and oxygen atoms in total. The number of methoxy groups -OCH3 is 1. The van der Waals surface area contributed by atoms with Crippen molar-refractivity contribution in [3.63, 3.8) is 0 Å². The van der Waals surface area contributed by atoms with Crippen LogP contribution in [0.2, 0.25) is 0 Å². The number of carbonyl (C=O) groups is 4. The van der Waals surface area contributed by atoms with Gasteiger partial charge in [-0.3, -0.25) is 19.2 Å². The van der Waals surface area contributed by atoms with Gasteiger partial charge in [-0.05, 0) is 66.8 Å². The van der Waals surface area contributed by atoms with E-state index in [0.29, 0.717) is 55.8 Å². The van der Waals surface area contributed by atoms with Gasteiger partial charge in [0.1, 0.15) is 24.4 Å². The number of hydrogen-bond acceptors (Lipinski definition) is 8. The lowest BCUT2D eigenvalue weighted by Gasteiger charge is -2.30. The molecular weight excluding hydrogens is 538 g/mol. The first-order valence-electron chi connectivity index (χ1n) is 14.2. The summed E-state index contributed by atoms with van der Waals surface area (Å²) in [4.78, 5) is 54.3. The second kappa shape index (κ2) is 14.3. The molecule has 0 radical (unpaired) electrons. The van der Waals surface area contributed by atoms with Gasteiger partial charge in [0.2, 0.25) is 11.8 Å². The molecule has 3 aromatic rings. The molecule has 2 aromatic carbocycles. The van der Waals surface area contributed by atoms with E-state index >= 15 is 0 Å². The van der Waals surface area contributed by atoms with Crippen LogP contribution >= 0.6 is 0 Å². The molecule has 4 rings (SSSR count). The third kappa shape index (κ3) is 7.56. The number of Topliss-reactive ketones (excluding diaryl/α,β-unsaturated/α-hetero) is 1. The molecule has 0 saturated carbocycles. The lowest BCUT2D eigenvalue weighted by atomic mass is 10.1. The van der Waals surface area contributed by atoms with Crippen LogP contribution in [0.15, 0.2) is 54.6 Å². The first-order chi connectivity index (χ1) is 20.3. The number of carbonyl (C=O) groups excluding carboxylic acids is 4. The molecular formula is C30H37N7O5. The third-order valence-corrected chi connectivity index (χ3v) is 7.44. The number of benzene rings is 2. The maximum absolute atomic E-state index is 13.5. The minimum atomic E-state index is -0.838. The predicted octanol–water partition coefficient (Wildman–Crippen LogP) is 1.94. The summed E-state index contributed by atoms with van der Waals surface area (Å²) in [5, 5.41) is 17.4. The Hall–Kier alpha value is -4.61. The molecule has 3 atom stereocenters. The Labute approximate surface area is 244 Å². The van der Waals surface area contributed by atoms with Crippen molar-refractivity contribution in [3.8, 4) is 5.75 Å². The van der Waals surface area contributed by atoms with Crippen molar-refractivity contribution >= 4 is 23.5 Å². The number of nitrogens with zero attached hydrogens (tertiary/aromatic N) is 5. The monoisotopic (exact) mass is 575 g/mol. The molecule has 2 heterocycles. The number of tetrazole rings is 1. The van der Waals surface area contributed by atoms with Crippen molar-refractivity contribution in [2.75, 3.05) is 13.7 Å². The van der Waals surface area contributed by atoms with Crippen molar-refractivity contribution < 1.29 is 23.9 Å². The van der Waals surface area contributed by atoms with Crippen molar-refractivity contribution in [3.05, 3.63) is 71.5 Å². The Morgan fingerprint density at radius 3 is 2.62 bits per heavy atom. The fraction of sp³-hybridized carbons (Fsp3) is 0.433. The molecule has 0 bridgehead atoms. The van der Waals surface area contributed by atoms with Crippen LogP contribution in [0.4, 0.5) is 0 Å². The van der Waals surface area contributed by atoms with E-state index in [2.05, 4.69) is 26.2 Å². The summed E-state index contributed by atoms with van der Waals surface area (Å²) < 4.78 is 6.64. The quantitative estimate of drug-likeness (QED) is 0.333. The largest absolute Gasteiger partial charge is 0.497 e. The van der Waals surface area contributed by atoms with Crippen LogP contribution in [-0.2, 0) is 27.3 Å². The third-order valence-electron chi connectivity index (χ3n) is 7.44. The molecule has 2 N–H and O–H groups in total. The second-order valence-corrected chi connectivity index (χ2v) is 10.3. The van der Waals surface area contributed by atoms with Crippen LogP contribution in [0.1, 0.15) is 61.3 Å². The van der Waals surface area contributed by atoms with Crippen molar-refractivity contribution in [2.45, 2.75) is 70.6 Å². The van der Waals surface area contributed by atoms with Crippen molar-refractivity contribution in [2.24, 2.45) is 0 Å². The van der Waals surface area contributed by atoms with E-state index in [0.717, 1.165) is 5.56 Å². The Morgan fingerprint density at radius 2 is 1.88 bits per heavy atom. The summed E-state index contributed by atoms with van der Waals surface area (Å²) in [5.74, 6) is -0.326. The zero-order valence-corrected chi connectivity index (χ0v) is 24.2. The first-order valence-corrected chi connectivity index (χ1v) is 14.2. The van der Waals surface area contributed by atoms with Gasteiger partial charge < -0.3 is 20.3 Å². The molecule has 1 aliphatic rings. The molecule has 1 saturated heterocycles. The van der Waals surface area contributed by atoms with Gasteiger partial charge >= 0.3 is 0 Å². The highest BCUT2D eigenvalue weighted by atomic mass is 16.5. The lowest BCUT2D eigenvalue weighted by molar-refractivity contribution is -0.141. The molecule has 0 spiro atoms. The zero-order valence-electron chi connectivity index (χ0n) is 24.2. The summed E-state index contributed by atoms with van der Waals surface area (Å²) in [6, 6.07) is 14.0. The Morgan fingerprint density at radius 1 is 1.10 bits per heavy atom. The predicted molar refractivity (Wildman–Crippen MR) is 154 cm³/mol. The van der Waals surface area contributed by atoms with E-state index in [9.17, 15) is 19.2 Å². The van der Waals surface area contributed by atoms with E-state index in [1.54, 1.807) is 38.1 Å². The van der Waals surface area contributed by atoms with Gasteiger partial charge in [0.05, 0.1) is 13.2 Å². The van der Waals surface area contributed by atoms with E-state index in [4.69, 9.17) is 4.74 Å². The summed E-state index contributed by atoms with van der Waals surface area (Å²) in [6.45, 7) is 3.72. The topological polar surface area (TPSA) is 148 Å². The number of nitrogens with one attached hydrogen (secondary N) is 2. The molecule has 0 aliphatic carbocycles. The van der Waals surface area contributed by atoms with Gasteiger partial charge in [-0.15, -0.1) is 5.10 Å². The van der Waals surface area contributed by atoms with E-state index < -0.39 is 29.9 Å². The highest BCUT2D eigenvalue weighted by Crippen LogP contribution is 2.18. The fourth-order valence-electron chi connectivity index (χ4n) is 4.94. The number of hydrogen-bond donors (Lipinski definition) is 2. The van der Waals surface area contributed by atoms with Crippen LogP contribution in [-0.4, -0.2) is 80.4 Å². The highest BCUT2D eigenvalue weighted by Gasteiger charge is 2.35. The van der Waals surface area contributed by atoms with Crippen LogP contribution in [0.3, 0.4) is 0 Å². The van der Waals surface area contributed by atoms with Crippen LogP contribution in [0.5, 0.6) is 5.75 Å². The summed E-state index contributed by atoms with van der Waals surface area (Å²) in [7, 11) is 1.52. The average molecular weight is 576 g/mol.